The fourth-order valence-corrected chi connectivity index (χ4v) is 3.62. The first-order valence-corrected chi connectivity index (χ1v) is 11.0. The number of amides is 2. The van der Waals surface area contributed by atoms with Crippen LogP contribution in [0.25, 0.3) is 0 Å². The van der Waals surface area contributed by atoms with Gasteiger partial charge in [-0.25, -0.2) is 9.78 Å². The van der Waals surface area contributed by atoms with Gasteiger partial charge in [0.2, 0.25) is 5.91 Å². The number of aliphatic carboxylic acids is 1. The molecule has 2 amide bonds. The molecule has 1 aliphatic heterocycles. The lowest BCUT2D eigenvalue weighted by molar-refractivity contribution is -0.137. The number of imidazole rings is 1. The summed E-state index contributed by atoms with van der Waals surface area (Å²) in [5.74, 6) is -0.658. The van der Waals surface area contributed by atoms with Gasteiger partial charge >= 0.3 is 12.1 Å². The van der Waals surface area contributed by atoms with Gasteiger partial charge < -0.3 is 35.7 Å². The smallest absolute Gasteiger partial charge is 0.408 e. The summed E-state index contributed by atoms with van der Waals surface area (Å²) in [7, 11) is 0. The van der Waals surface area contributed by atoms with Gasteiger partial charge in [0.15, 0.2) is 5.95 Å². The fourth-order valence-electron chi connectivity index (χ4n) is 3.62. The zero-order valence-electron chi connectivity index (χ0n) is 19.2. The molecule has 5 N–H and O–H groups in total. The second-order valence-electron chi connectivity index (χ2n) is 9.11. The third-order valence-corrected chi connectivity index (χ3v) is 5.13. The molecule has 1 aromatic rings. The van der Waals surface area contributed by atoms with Crippen molar-refractivity contribution in [2.24, 2.45) is 0 Å². The monoisotopic (exact) mass is 452 g/mol. The summed E-state index contributed by atoms with van der Waals surface area (Å²) >= 11 is 0. The zero-order valence-corrected chi connectivity index (χ0v) is 19.2. The number of hydrogen-bond acceptors (Lipinski definition) is 7. The highest BCUT2D eigenvalue weighted by Gasteiger charge is 2.29. The van der Waals surface area contributed by atoms with Gasteiger partial charge in [-0.15, -0.1) is 0 Å². The summed E-state index contributed by atoms with van der Waals surface area (Å²) in [4.78, 5) is 42.0. The summed E-state index contributed by atoms with van der Waals surface area (Å²) in [5, 5.41) is 14.5. The van der Waals surface area contributed by atoms with Crippen LogP contribution in [0.15, 0.2) is 12.4 Å². The van der Waals surface area contributed by atoms with Crippen LogP contribution in [0.1, 0.15) is 52.9 Å². The maximum atomic E-state index is 12.9. The number of hydrogen-bond donors (Lipinski definition) is 4. The van der Waals surface area contributed by atoms with Crippen molar-refractivity contribution in [3.63, 3.8) is 0 Å². The molecule has 2 rings (SSSR count). The minimum absolute atomic E-state index is 0.0421. The van der Waals surface area contributed by atoms with E-state index >= 15 is 0 Å². The average molecular weight is 453 g/mol. The van der Waals surface area contributed by atoms with Crippen molar-refractivity contribution in [2.45, 2.75) is 77.1 Å². The average Bonchev–Trinajstić information content (AvgIpc) is 3.28. The van der Waals surface area contributed by atoms with Crippen molar-refractivity contribution in [1.82, 2.24) is 25.1 Å². The Balaban J connectivity index is 1.88. The quantitative estimate of drug-likeness (QED) is 0.391. The molecular weight excluding hydrogens is 416 g/mol. The van der Waals surface area contributed by atoms with Crippen LogP contribution < -0.4 is 16.4 Å². The van der Waals surface area contributed by atoms with E-state index in [1.165, 1.54) is 0 Å². The first-order valence-electron chi connectivity index (χ1n) is 11.0. The number of alkyl carbamates (subject to hydrolysis) is 1. The Hall–Kier alpha value is -2.82. The molecule has 1 fully saturated rings. The van der Waals surface area contributed by atoms with Crippen LogP contribution in [-0.2, 0) is 20.9 Å². The van der Waals surface area contributed by atoms with Gasteiger partial charge in [-0.2, -0.15) is 0 Å². The SMILES string of the molecule is CC(C)(C)OC(=O)N[C@@H](CCCn1ccnc1N)C(=O)N[C@@H]1CCN(CCCC(=O)O)C1. The van der Waals surface area contributed by atoms with E-state index in [1.807, 2.05) is 0 Å². The molecule has 1 saturated heterocycles. The second-order valence-corrected chi connectivity index (χ2v) is 9.11. The minimum atomic E-state index is -0.803. The number of nitrogens with one attached hydrogen (secondary N) is 2. The molecule has 1 aromatic heterocycles. The Morgan fingerprint density at radius 2 is 2.06 bits per heavy atom. The number of rotatable bonds is 11. The van der Waals surface area contributed by atoms with Crippen LogP contribution in [0.5, 0.6) is 0 Å². The molecule has 0 radical (unpaired) electrons. The van der Waals surface area contributed by atoms with E-state index in [1.54, 1.807) is 37.7 Å². The van der Waals surface area contributed by atoms with Crippen molar-refractivity contribution in [3.8, 4) is 0 Å². The summed E-state index contributed by atoms with van der Waals surface area (Å²) in [6.07, 6.45) is 5.26. The van der Waals surface area contributed by atoms with Crippen molar-refractivity contribution < 1.29 is 24.2 Å². The molecule has 0 aromatic carbocycles. The van der Waals surface area contributed by atoms with Gasteiger partial charge in [-0.05, 0) is 53.0 Å². The zero-order chi connectivity index (χ0) is 23.7. The van der Waals surface area contributed by atoms with Gasteiger partial charge in [0, 0.05) is 44.5 Å². The third kappa shape index (κ3) is 9.13. The van der Waals surface area contributed by atoms with E-state index < -0.39 is 23.7 Å². The normalized spacial score (nSPS) is 17.7. The number of carbonyl (C=O) groups excluding carboxylic acids is 2. The standard InChI is InChI=1S/C21H36N6O5/c1-21(2,3)32-20(31)25-16(6-4-11-27-13-9-23-19(27)22)18(30)24-15-8-12-26(14-15)10-5-7-17(28)29/h9,13,15-16H,4-8,10-12,14H2,1-3H3,(H2,22,23)(H,24,30)(H,25,31)(H,28,29)/t15-,16+/m1/s1. The molecule has 2 atom stereocenters. The number of aromatic nitrogens is 2. The number of aryl methyl sites for hydroxylation is 1. The predicted molar refractivity (Wildman–Crippen MR) is 119 cm³/mol. The van der Waals surface area contributed by atoms with Crippen molar-refractivity contribution in [1.29, 1.82) is 0 Å². The van der Waals surface area contributed by atoms with Gasteiger partial charge in [0.05, 0.1) is 0 Å². The molecule has 32 heavy (non-hydrogen) atoms. The highest BCUT2D eigenvalue weighted by Crippen LogP contribution is 2.13. The molecular formula is C21H36N6O5. The number of carbonyl (C=O) groups is 3. The Bertz CT molecular complexity index is 775. The van der Waals surface area contributed by atoms with Gasteiger partial charge in [-0.1, -0.05) is 0 Å². The Labute approximate surface area is 188 Å². The van der Waals surface area contributed by atoms with Crippen LogP contribution in [0.4, 0.5) is 10.7 Å². The molecule has 180 valence electrons. The largest absolute Gasteiger partial charge is 0.481 e. The van der Waals surface area contributed by atoms with Gasteiger partial charge in [0.25, 0.3) is 0 Å². The summed E-state index contributed by atoms with van der Waals surface area (Å²) in [6.45, 7) is 8.02. The van der Waals surface area contributed by atoms with Crippen LogP contribution >= 0.6 is 0 Å². The van der Waals surface area contributed by atoms with Crippen LogP contribution in [-0.4, -0.2) is 74.8 Å². The number of anilines is 1. The number of nitrogen functional groups attached to an aromatic ring is 1. The maximum Gasteiger partial charge on any atom is 0.408 e. The van der Waals surface area contributed by atoms with Gasteiger partial charge in [0.1, 0.15) is 11.6 Å². The second kappa shape index (κ2) is 11.7. The number of likely N-dealkylation sites (tertiary alicyclic amines) is 1. The van der Waals surface area contributed by atoms with Crippen LogP contribution in [0, 0.1) is 0 Å². The Morgan fingerprint density at radius 3 is 2.69 bits per heavy atom. The van der Waals surface area contributed by atoms with E-state index in [0.717, 1.165) is 13.0 Å². The molecule has 2 heterocycles. The van der Waals surface area contributed by atoms with E-state index in [4.69, 9.17) is 15.6 Å². The first-order chi connectivity index (χ1) is 15.0. The molecule has 11 heteroatoms. The van der Waals surface area contributed by atoms with E-state index in [-0.39, 0.29) is 18.4 Å². The van der Waals surface area contributed by atoms with E-state index in [9.17, 15) is 14.4 Å². The lowest BCUT2D eigenvalue weighted by atomic mass is 10.1. The molecule has 0 aliphatic carbocycles. The van der Waals surface area contributed by atoms with Gasteiger partial charge in [-0.3, -0.25) is 9.59 Å². The Morgan fingerprint density at radius 1 is 1.31 bits per heavy atom. The van der Waals surface area contributed by atoms with E-state index in [2.05, 4.69) is 20.5 Å². The van der Waals surface area contributed by atoms with Crippen molar-refractivity contribution in [2.75, 3.05) is 25.4 Å². The summed E-state index contributed by atoms with van der Waals surface area (Å²) in [6, 6.07) is -0.782. The number of nitrogens with two attached hydrogens (primary N) is 1. The molecule has 11 nitrogen and oxygen atoms in total. The van der Waals surface area contributed by atoms with Crippen molar-refractivity contribution in [3.05, 3.63) is 12.4 Å². The summed E-state index contributed by atoms with van der Waals surface area (Å²) in [5.41, 5.74) is 5.12. The topological polar surface area (TPSA) is 152 Å². The molecule has 0 bridgehead atoms. The number of carboxylic acid groups (broad SMARTS) is 1. The molecule has 0 unspecified atom stereocenters. The van der Waals surface area contributed by atoms with Crippen LogP contribution in [0.2, 0.25) is 0 Å². The lowest BCUT2D eigenvalue weighted by Gasteiger charge is -2.24. The van der Waals surface area contributed by atoms with Crippen LogP contribution in [0.3, 0.4) is 0 Å². The number of carboxylic acids is 1. The summed E-state index contributed by atoms with van der Waals surface area (Å²) < 4.78 is 7.11. The predicted octanol–water partition coefficient (Wildman–Crippen LogP) is 1.19. The molecule has 0 saturated carbocycles. The maximum absolute atomic E-state index is 12.9. The van der Waals surface area contributed by atoms with E-state index in [0.29, 0.717) is 44.8 Å². The van der Waals surface area contributed by atoms with Crippen molar-refractivity contribution >= 4 is 23.9 Å². The highest BCUT2D eigenvalue weighted by molar-refractivity contribution is 5.85. The number of nitrogens with zero attached hydrogens (tertiary/aromatic N) is 3. The Kier molecular flexibility index (Phi) is 9.30. The fraction of sp³-hybridized carbons (Fsp3) is 0.714. The molecule has 1 aliphatic rings. The minimum Gasteiger partial charge on any atom is -0.481 e. The highest BCUT2D eigenvalue weighted by atomic mass is 16.6. The first kappa shape index (κ1) is 25.4. The lowest BCUT2D eigenvalue weighted by Crippen LogP contribution is -2.51. The molecule has 0 spiro atoms. The number of ether oxygens (including phenoxy) is 1. The third-order valence-electron chi connectivity index (χ3n) is 5.13.